The molecule has 2 nitrogen and oxygen atoms in total. The van der Waals surface area contributed by atoms with Gasteiger partial charge in [0.1, 0.15) is 5.15 Å². The van der Waals surface area contributed by atoms with E-state index in [1.807, 2.05) is 0 Å². The Morgan fingerprint density at radius 3 is 2.67 bits per heavy atom. The Morgan fingerprint density at radius 1 is 1.50 bits per heavy atom. The minimum atomic E-state index is -0.788. The minimum Gasteiger partial charge on any atom is -0.387 e. The van der Waals surface area contributed by atoms with Gasteiger partial charge in [-0.1, -0.05) is 23.2 Å². The van der Waals surface area contributed by atoms with Crippen molar-refractivity contribution in [2.45, 2.75) is 6.10 Å². The fourth-order valence-electron chi connectivity index (χ4n) is 0.746. The maximum Gasteiger partial charge on any atom is 0.130 e. The Hall–Kier alpha value is -0.0200. The Labute approximate surface area is 85.1 Å². The standard InChI is InChI=1S/C7H6Cl3NO/c8-2-6(12)4-3-11-7(10)1-5(4)9/h1,3,6,12H,2H2. The molecular formula is C7H6Cl3NO. The van der Waals surface area contributed by atoms with Gasteiger partial charge in [0, 0.05) is 11.8 Å². The van der Waals surface area contributed by atoms with Gasteiger partial charge in [-0.05, 0) is 6.07 Å². The molecule has 0 aliphatic heterocycles. The van der Waals surface area contributed by atoms with E-state index in [-0.39, 0.29) is 5.88 Å². The SMILES string of the molecule is OC(CCl)c1cnc(Cl)cc1Cl. The second-order valence-corrected chi connectivity index (χ2v) is 3.30. The van der Waals surface area contributed by atoms with Crippen molar-refractivity contribution in [3.05, 3.63) is 28.0 Å². The van der Waals surface area contributed by atoms with Crippen LogP contribution in [0.2, 0.25) is 10.2 Å². The smallest absolute Gasteiger partial charge is 0.130 e. The van der Waals surface area contributed by atoms with Crippen LogP contribution in [0.1, 0.15) is 11.7 Å². The zero-order valence-electron chi connectivity index (χ0n) is 5.97. The van der Waals surface area contributed by atoms with E-state index in [1.165, 1.54) is 12.3 Å². The number of nitrogens with zero attached hydrogens (tertiary/aromatic N) is 1. The molecule has 1 unspecified atom stereocenters. The summed E-state index contributed by atoms with van der Waals surface area (Å²) in [4.78, 5) is 3.77. The van der Waals surface area contributed by atoms with Gasteiger partial charge in [0.05, 0.1) is 17.0 Å². The Bertz CT molecular complexity index is 279. The van der Waals surface area contributed by atoms with Crippen LogP contribution in [-0.2, 0) is 0 Å². The lowest BCUT2D eigenvalue weighted by Gasteiger charge is -2.07. The van der Waals surface area contributed by atoms with E-state index in [1.54, 1.807) is 0 Å². The van der Waals surface area contributed by atoms with Crippen molar-refractivity contribution in [3.63, 3.8) is 0 Å². The molecule has 1 atom stereocenters. The van der Waals surface area contributed by atoms with Crippen LogP contribution >= 0.6 is 34.8 Å². The molecule has 12 heavy (non-hydrogen) atoms. The van der Waals surface area contributed by atoms with Gasteiger partial charge in [-0.15, -0.1) is 11.6 Å². The van der Waals surface area contributed by atoms with Crippen LogP contribution in [0.25, 0.3) is 0 Å². The second-order valence-electron chi connectivity index (χ2n) is 2.20. The highest BCUT2D eigenvalue weighted by Crippen LogP contribution is 2.24. The molecule has 0 aliphatic carbocycles. The second kappa shape index (κ2) is 4.28. The van der Waals surface area contributed by atoms with Crippen molar-refractivity contribution in [1.29, 1.82) is 0 Å². The summed E-state index contributed by atoms with van der Waals surface area (Å²) in [6, 6.07) is 1.47. The van der Waals surface area contributed by atoms with Crippen LogP contribution in [0.5, 0.6) is 0 Å². The molecule has 0 spiro atoms. The largest absolute Gasteiger partial charge is 0.387 e. The number of alkyl halides is 1. The molecular weight excluding hydrogens is 220 g/mol. The van der Waals surface area contributed by atoms with Gasteiger partial charge in [0.15, 0.2) is 0 Å². The van der Waals surface area contributed by atoms with Crippen molar-refractivity contribution >= 4 is 34.8 Å². The van der Waals surface area contributed by atoms with E-state index in [9.17, 15) is 5.11 Å². The average molecular weight is 226 g/mol. The normalized spacial score (nSPS) is 13.0. The van der Waals surface area contributed by atoms with Gasteiger partial charge in [0.25, 0.3) is 0 Å². The maximum absolute atomic E-state index is 9.30. The summed E-state index contributed by atoms with van der Waals surface area (Å²) >= 11 is 16.7. The topological polar surface area (TPSA) is 33.1 Å². The minimum absolute atomic E-state index is 0.0863. The fraction of sp³-hybridized carbons (Fsp3) is 0.286. The molecule has 1 aromatic rings. The molecule has 0 aliphatic rings. The molecule has 0 saturated heterocycles. The Morgan fingerprint density at radius 2 is 2.17 bits per heavy atom. The fourth-order valence-corrected chi connectivity index (χ4v) is 1.40. The predicted octanol–water partition coefficient (Wildman–Crippen LogP) is 2.66. The lowest BCUT2D eigenvalue weighted by Crippen LogP contribution is -2.00. The number of aliphatic hydroxyl groups is 1. The number of aliphatic hydroxyl groups excluding tert-OH is 1. The number of hydrogen-bond acceptors (Lipinski definition) is 2. The maximum atomic E-state index is 9.30. The monoisotopic (exact) mass is 225 g/mol. The zero-order valence-corrected chi connectivity index (χ0v) is 8.24. The average Bonchev–Trinajstić information content (AvgIpc) is 2.03. The molecule has 0 aromatic carbocycles. The first-order valence-corrected chi connectivity index (χ1v) is 4.49. The summed E-state index contributed by atoms with van der Waals surface area (Å²) in [6.07, 6.45) is 0.626. The summed E-state index contributed by atoms with van der Waals surface area (Å²) < 4.78 is 0. The summed E-state index contributed by atoms with van der Waals surface area (Å²) in [7, 11) is 0. The van der Waals surface area contributed by atoms with Crippen LogP contribution in [0.4, 0.5) is 0 Å². The van der Waals surface area contributed by atoms with E-state index in [0.717, 1.165) is 0 Å². The third kappa shape index (κ3) is 2.23. The van der Waals surface area contributed by atoms with Crippen molar-refractivity contribution in [2.24, 2.45) is 0 Å². The van der Waals surface area contributed by atoms with Crippen LogP contribution in [0.3, 0.4) is 0 Å². The predicted molar refractivity (Wildman–Crippen MR) is 49.9 cm³/mol. The van der Waals surface area contributed by atoms with Gasteiger partial charge in [0.2, 0.25) is 0 Å². The third-order valence-corrected chi connectivity index (χ3v) is 2.18. The van der Waals surface area contributed by atoms with E-state index >= 15 is 0 Å². The molecule has 0 amide bonds. The molecule has 0 bridgehead atoms. The van der Waals surface area contributed by atoms with Gasteiger partial charge in [-0.25, -0.2) is 4.98 Å². The van der Waals surface area contributed by atoms with E-state index in [4.69, 9.17) is 34.8 Å². The summed E-state index contributed by atoms with van der Waals surface area (Å²) in [5, 5.41) is 9.98. The molecule has 0 fully saturated rings. The van der Waals surface area contributed by atoms with Gasteiger partial charge in [-0.2, -0.15) is 0 Å². The van der Waals surface area contributed by atoms with Gasteiger partial charge < -0.3 is 5.11 Å². The van der Waals surface area contributed by atoms with E-state index < -0.39 is 6.10 Å². The first kappa shape index (κ1) is 10.1. The number of halogens is 3. The van der Waals surface area contributed by atoms with Crippen molar-refractivity contribution in [1.82, 2.24) is 4.98 Å². The van der Waals surface area contributed by atoms with Crippen LogP contribution in [0, 0.1) is 0 Å². The molecule has 1 aromatic heterocycles. The van der Waals surface area contributed by atoms with Gasteiger partial charge >= 0.3 is 0 Å². The first-order valence-electron chi connectivity index (χ1n) is 3.20. The summed E-state index contributed by atoms with van der Waals surface area (Å²) in [5.41, 5.74) is 0.496. The van der Waals surface area contributed by atoms with Crippen molar-refractivity contribution in [2.75, 3.05) is 5.88 Å². The molecule has 1 heterocycles. The lowest BCUT2D eigenvalue weighted by molar-refractivity contribution is 0.202. The number of rotatable bonds is 2. The third-order valence-electron chi connectivity index (χ3n) is 1.35. The Balaban J connectivity index is 3.01. The molecule has 0 saturated carbocycles. The van der Waals surface area contributed by atoms with Crippen LogP contribution < -0.4 is 0 Å². The highest BCUT2D eigenvalue weighted by molar-refractivity contribution is 6.34. The van der Waals surface area contributed by atoms with Crippen molar-refractivity contribution in [3.8, 4) is 0 Å². The van der Waals surface area contributed by atoms with Crippen LogP contribution in [0.15, 0.2) is 12.3 Å². The van der Waals surface area contributed by atoms with E-state index in [2.05, 4.69) is 4.98 Å². The Kier molecular flexibility index (Phi) is 3.59. The summed E-state index contributed by atoms with van der Waals surface area (Å²) in [5.74, 6) is 0.0863. The highest BCUT2D eigenvalue weighted by atomic mass is 35.5. The number of pyridine rings is 1. The lowest BCUT2D eigenvalue weighted by atomic mass is 10.2. The first-order chi connectivity index (χ1) is 5.65. The summed E-state index contributed by atoms with van der Waals surface area (Å²) in [6.45, 7) is 0. The zero-order chi connectivity index (χ0) is 9.14. The van der Waals surface area contributed by atoms with Gasteiger partial charge in [-0.3, -0.25) is 0 Å². The molecule has 1 rings (SSSR count). The van der Waals surface area contributed by atoms with Crippen molar-refractivity contribution < 1.29 is 5.11 Å². The molecule has 66 valence electrons. The number of aromatic nitrogens is 1. The van der Waals surface area contributed by atoms with E-state index in [0.29, 0.717) is 15.7 Å². The molecule has 5 heteroatoms. The molecule has 1 N–H and O–H groups in total. The number of hydrogen-bond donors (Lipinski definition) is 1. The quantitative estimate of drug-likeness (QED) is 0.621. The highest BCUT2D eigenvalue weighted by Gasteiger charge is 2.10. The molecule has 0 radical (unpaired) electrons. The van der Waals surface area contributed by atoms with Crippen LogP contribution in [-0.4, -0.2) is 16.0 Å².